The molecule has 0 radical (unpaired) electrons. The Hall–Kier alpha value is -2.49. The number of rotatable bonds is 8. The molecule has 0 atom stereocenters. The van der Waals surface area contributed by atoms with Gasteiger partial charge in [0.25, 0.3) is 0 Å². The average molecular weight is 356 g/mol. The second kappa shape index (κ2) is 8.75. The summed E-state index contributed by atoms with van der Waals surface area (Å²) >= 11 is 0. The summed E-state index contributed by atoms with van der Waals surface area (Å²) in [6.07, 6.45) is 0.622. The van der Waals surface area contributed by atoms with Gasteiger partial charge in [0, 0.05) is 6.42 Å². The van der Waals surface area contributed by atoms with Gasteiger partial charge in [-0.15, -0.1) is 0 Å². The minimum Gasteiger partial charge on any atom is -0.490 e. The quantitative estimate of drug-likeness (QED) is 0.692. The van der Waals surface area contributed by atoms with E-state index in [2.05, 4.69) is 45.9 Å². The highest BCUT2D eigenvalue weighted by molar-refractivity contribution is 5.67. The maximum atomic E-state index is 10.7. The topological polar surface area (TPSA) is 55.8 Å². The maximum Gasteiger partial charge on any atom is 0.303 e. The van der Waals surface area contributed by atoms with Crippen LogP contribution in [0.2, 0.25) is 0 Å². The SMILES string of the molecule is Cc1ccc(C(C)(C)C)c(OCCOc2cccc(CCC(=O)O)c2)c1. The van der Waals surface area contributed by atoms with Crippen LogP contribution in [0.5, 0.6) is 11.5 Å². The molecule has 0 heterocycles. The third kappa shape index (κ3) is 6.10. The summed E-state index contributed by atoms with van der Waals surface area (Å²) in [6, 6.07) is 13.8. The van der Waals surface area contributed by atoms with Crippen molar-refractivity contribution in [2.45, 2.75) is 46.0 Å². The first-order valence-corrected chi connectivity index (χ1v) is 8.93. The molecule has 4 heteroatoms. The molecule has 0 saturated heterocycles. The molecule has 0 saturated carbocycles. The lowest BCUT2D eigenvalue weighted by molar-refractivity contribution is -0.136. The lowest BCUT2D eigenvalue weighted by Crippen LogP contribution is -2.16. The van der Waals surface area contributed by atoms with Crippen molar-refractivity contribution in [1.29, 1.82) is 0 Å². The number of hydrogen-bond donors (Lipinski definition) is 1. The van der Waals surface area contributed by atoms with E-state index in [1.165, 1.54) is 11.1 Å². The molecule has 2 aromatic rings. The van der Waals surface area contributed by atoms with Crippen LogP contribution in [0.1, 0.15) is 43.9 Å². The van der Waals surface area contributed by atoms with Crippen LogP contribution in [0.4, 0.5) is 0 Å². The normalized spacial score (nSPS) is 11.2. The number of carboxylic acids is 1. The largest absolute Gasteiger partial charge is 0.490 e. The third-order valence-electron chi connectivity index (χ3n) is 4.08. The summed E-state index contributed by atoms with van der Waals surface area (Å²) < 4.78 is 11.7. The molecule has 0 aliphatic heterocycles. The van der Waals surface area contributed by atoms with Crippen LogP contribution in [-0.2, 0) is 16.6 Å². The molecule has 0 aromatic heterocycles. The Morgan fingerprint density at radius 3 is 2.46 bits per heavy atom. The highest BCUT2D eigenvalue weighted by atomic mass is 16.5. The number of aliphatic carboxylic acids is 1. The summed E-state index contributed by atoms with van der Waals surface area (Å²) in [4.78, 5) is 10.7. The first kappa shape index (κ1) is 19.8. The molecule has 140 valence electrons. The van der Waals surface area contributed by atoms with Crippen LogP contribution in [0, 0.1) is 6.92 Å². The Balaban J connectivity index is 1.90. The van der Waals surface area contributed by atoms with E-state index in [9.17, 15) is 4.79 Å². The first-order chi connectivity index (χ1) is 12.3. The number of hydrogen-bond acceptors (Lipinski definition) is 3. The Bertz CT molecular complexity index is 744. The molecule has 1 N–H and O–H groups in total. The minimum atomic E-state index is -0.794. The van der Waals surface area contributed by atoms with Crippen molar-refractivity contribution in [2.24, 2.45) is 0 Å². The zero-order chi connectivity index (χ0) is 19.2. The fraction of sp³-hybridized carbons (Fsp3) is 0.409. The van der Waals surface area contributed by atoms with Gasteiger partial charge in [0.05, 0.1) is 0 Å². The molecule has 2 aromatic carbocycles. The van der Waals surface area contributed by atoms with E-state index >= 15 is 0 Å². The Morgan fingerprint density at radius 1 is 1.04 bits per heavy atom. The predicted octanol–water partition coefficient (Wildman–Crippen LogP) is 4.77. The first-order valence-electron chi connectivity index (χ1n) is 8.93. The standard InChI is InChI=1S/C22H28O4/c1-16-8-10-19(22(2,3)4)20(14-16)26-13-12-25-18-7-5-6-17(15-18)9-11-21(23)24/h5-8,10,14-15H,9,11-13H2,1-4H3,(H,23,24). The van der Waals surface area contributed by atoms with Gasteiger partial charge < -0.3 is 14.6 Å². The van der Waals surface area contributed by atoms with Gasteiger partial charge >= 0.3 is 5.97 Å². The van der Waals surface area contributed by atoms with Gasteiger partial charge in [-0.1, -0.05) is 45.0 Å². The van der Waals surface area contributed by atoms with Crippen molar-refractivity contribution in [3.63, 3.8) is 0 Å². The van der Waals surface area contributed by atoms with E-state index in [-0.39, 0.29) is 11.8 Å². The minimum absolute atomic E-state index is 0.0162. The summed E-state index contributed by atoms with van der Waals surface area (Å²) in [5, 5.41) is 8.78. The molecule has 0 amide bonds. The van der Waals surface area contributed by atoms with Crippen LogP contribution < -0.4 is 9.47 Å². The third-order valence-corrected chi connectivity index (χ3v) is 4.08. The van der Waals surface area contributed by atoms with Gasteiger partial charge in [-0.2, -0.15) is 0 Å². The van der Waals surface area contributed by atoms with E-state index in [4.69, 9.17) is 14.6 Å². The van der Waals surface area contributed by atoms with E-state index in [0.29, 0.717) is 19.6 Å². The molecule has 2 rings (SSSR count). The Morgan fingerprint density at radius 2 is 1.77 bits per heavy atom. The lowest BCUT2D eigenvalue weighted by atomic mass is 9.86. The van der Waals surface area contributed by atoms with E-state index in [1.54, 1.807) is 0 Å². The van der Waals surface area contributed by atoms with E-state index < -0.39 is 5.97 Å². The van der Waals surface area contributed by atoms with Gasteiger partial charge in [-0.25, -0.2) is 0 Å². The number of aryl methyl sites for hydroxylation is 2. The van der Waals surface area contributed by atoms with Gasteiger partial charge in [0.1, 0.15) is 24.7 Å². The summed E-state index contributed by atoms with van der Waals surface area (Å²) in [6.45, 7) is 9.45. The van der Waals surface area contributed by atoms with Crippen molar-refractivity contribution in [2.75, 3.05) is 13.2 Å². The number of carbonyl (C=O) groups is 1. The average Bonchev–Trinajstić information content (AvgIpc) is 2.56. The second-order valence-electron chi connectivity index (χ2n) is 7.49. The zero-order valence-electron chi connectivity index (χ0n) is 16.0. The second-order valence-corrected chi connectivity index (χ2v) is 7.49. The molecular weight excluding hydrogens is 328 g/mol. The van der Waals surface area contributed by atoms with Crippen LogP contribution >= 0.6 is 0 Å². The van der Waals surface area contributed by atoms with Crippen molar-refractivity contribution in [1.82, 2.24) is 0 Å². The molecule has 0 fully saturated rings. The van der Waals surface area contributed by atoms with Gasteiger partial charge in [0.15, 0.2) is 0 Å². The van der Waals surface area contributed by atoms with Crippen molar-refractivity contribution in [3.05, 3.63) is 59.2 Å². The summed E-state index contributed by atoms with van der Waals surface area (Å²) in [7, 11) is 0. The molecule has 0 spiro atoms. The molecule has 4 nitrogen and oxygen atoms in total. The number of benzene rings is 2. The van der Waals surface area contributed by atoms with Gasteiger partial charge in [-0.05, 0) is 53.6 Å². The maximum absolute atomic E-state index is 10.7. The van der Waals surface area contributed by atoms with Crippen molar-refractivity contribution in [3.8, 4) is 11.5 Å². The van der Waals surface area contributed by atoms with E-state index in [0.717, 1.165) is 17.1 Å². The fourth-order valence-electron chi connectivity index (χ4n) is 2.72. The summed E-state index contributed by atoms with van der Waals surface area (Å²) in [5.41, 5.74) is 3.32. The monoisotopic (exact) mass is 356 g/mol. The number of carboxylic acid groups (broad SMARTS) is 1. The Kier molecular flexibility index (Phi) is 6.67. The predicted molar refractivity (Wildman–Crippen MR) is 103 cm³/mol. The molecule has 0 unspecified atom stereocenters. The van der Waals surface area contributed by atoms with Crippen LogP contribution in [-0.4, -0.2) is 24.3 Å². The van der Waals surface area contributed by atoms with Crippen LogP contribution in [0.3, 0.4) is 0 Å². The fourth-order valence-corrected chi connectivity index (χ4v) is 2.72. The van der Waals surface area contributed by atoms with Crippen LogP contribution in [0.15, 0.2) is 42.5 Å². The molecule has 0 aliphatic rings. The van der Waals surface area contributed by atoms with Gasteiger partial charge in [0.2, 0.25) is 0 Å². The Labute approximate surface area is 155 Å². The highest BCUT2D eigenvalue weighted by Crippen LogP contribution is 2.32. The highest BCUT2D eigenvalue weighted by Gasteiger charge is 2.18. The van der Waals surface area contributed by atoms with E-state index in [1.807, 2.05) is 24.3 Å². The smallest absolute Gasteiger partial charge is 0.303 e. The summed E-state index contributed by atoms with van der Waals surface area (Å²) in [5.74, 6) is 0.839. The molecular formula is C22H28O4. The van der Waals surface area contributed by atoms with Gasteiger partial charge in [-0.3, -0.25) is 4.79 Å². The van der Waals surface area contributed by atoms with Crippen LogP contribution in [0.25, 0.3) is 0 Å². The molecule has 0 bridgehead atoms. The lowest BCUT2D eigenvalue weighted by Gasteiger charge is -2.23. The zero-order valence-corrected chi connectivity index (χ0v) is 16.0. The molecule has 0 aliphatic carbocycles. The van der Waals surface area contributed by atoms with Crippen molar-refractivity contribution >= 4 is 5.97 Å². The molecule has 26 heavy (non-hydrogen) atoms. The van der Waals surface area contributed by atoms with Crippen molar-refractivity contribution < 1.29 is 19.4 Å². The number of ether oxygens (including phenoxy) is 2.